The SMILES string of the molecule is Cc1cc(=O)[nH]c(-c2cccc(NC(=O)C(Cc3ccccc3)n3cnnn3)c2)n1. The van der Waals surface area contributed by atoms with Gasteiger partial charge in [0.05, 0.1) is 0 Å². The minimum atomic E-state index is -0.622. The van der Waals surface area contributed by atoms with Crippen LogP contribution in [0.25, 0.3) is 11.4 Å². The van der Waals surface area contributed by atoms with Gasteiger partial charge in [-0.3, -0.25) is 9.59 Å². The molecule has 150 valence electrons. The molecule has 0 aliphatic rings. The van der Waals surface area contributed by atoms with Gasteiger partial charge in [0.1, 0.15) is 18.2 Å². The summed E-state index contributed by atoms with van der Waals surface area (Å²) < 4.78 is 1.44. The highest BCUT2D eigenvalue weighted by Gasteiger charge is 2.22. The first kappa shape index (κ1) is 19.2. The first-order valence-corrected chi connectivity index (χ1v) is 9.34. The lowest BCUT2D eigenvalue weighted by atomic mass is 10.1. The molecule has 2 aromatic heterocycles. The molecule has 2 N–H and O–H groups in total. The molecule has 1 unspecified atom stereocenters. The number of amides is 1. The van der Waals surface area contributed by atoms with E-state index >= 15 is 0 Å². The molecule has 1 atom stereocenters. The highest BCUT2D eigenvalue weighted by Crippen LogP contribution is 2.21. The van der Waals surface area contributed by atoms with Crippen molar-refractivity contribution in [1.82, 2.24) is 30.2 Å². The van der Waals surface area contributed by atoms with Gasteiger partial charge < -0.3 is 10.3 Å². The smallest absolute Gasteiger partial charge is 0.251 e. The zero-order valence-electron chi connectivity index (χ0n) is 16.2. The van der Waals surface area contributed by atoms with Gasteiger partial charge in [-0.15, -0.1) is 5.10 Å². The maximum atomic E-state index is 13.1. The van der Waals surface area contributed by atoms with E-state index in [4.69, 9.17) is 0 Å². The van der Waals surface area contributed by atoms with Crippen LogP contribution in [0.4, 0.5) is 5.69 Å². The number of nitrogens with one attached hydrogen (secondary N) is 2. The second-order valence-electron chi connectivity index (χ2n) is 6.80. The van der Waals surface area contributed by atoms with Crippen LogP contribution < -0.4 is 10.9 Å². The largest absolute Gasteiger partial charge is 0.324 e. The second-order valence-corrected chi connectivity index (χ2v) is 6.80. The van der Waals surface area contributed by atoms with E-state index in [0.29, 0.717) is 29.2 Å². The molecule has 4 aromatic rings. The molecule has 9 heteroatoms. The number of carbonyl (C=O) groups excluding carboxylic acids is 1. The molecule has 0 radical (unpaired) electrons. The van der Waals surface area contributed by atoms with E-state index in [9.17, 15) is 9.59 Å². The number of H-pyrrole nitrogens is 1. The van der Waals surface area contributed by atoms with Gasteiger partial charge in [0, 0.05) is 29.4 Å². The van der Waals surface area contributed by atoms with Gasteiger partial charge in [0.2, 0.25) is 5.91 Å². The Bertz CT molecular complexity index is 1200. The van der Waals surface area contributed by atoms with Crippen LogP contribution >= 0.6 is 0 Å². The quantitative estimate of drug-likeness (QED) is 0.511. The molecule has 0 fully saturated rings. The number of rotatable bonds is 6. The highest BCUT2D eigenvalue weighted by atomic mass is 16.2. The van der Waals surface area contributed by atoms with Crippen molar-refractivity contribution in [1.29, 1.82) is 0 Å². The predicted molar refractivity (Wildman–Crippen MR) is 111 cm³/mol. The van der Waals surface area contributed by atoms with E-state index in [2.05, 4.69) is 30.8 Å². The Hall–Kier alpha value is -4.14. The first-order valence-electron chi connectivity index (χ1n) is 9.34. The average Bonchev–Trinajstić information content (AvgIpc) is 3.27. The Morgan fingerprint density at radius 3 is 2.70 bits per heavy atom. The number of aromatic amines is 1. The fourth-order valence-corrected chi connectivity index (χ4v) is 3.14. The zero-order valence-corrected chi connectivity index (χ0v) is 16.2. The van der Waals surface area contributed by atoms with Crippen molar-refractivity contribution in [3.63, 3.8) is 0 Å². The number of tetrazole rings is 1. The van der Waals surface area contributed by atoms with E-state index in [1.165, 1.54) is 17.1 Å². The minimum Gasteiger partial charge on any atom is -0.324 e. The van der Waals surface area contributed by atoms with E-state index in [0.717, 1.165) is 5.56 Å². The van der Waals surface area contributed by atoms with E-state index in [1.807, 2.05) is 36.4 Å². The lowest BCUT2D eigenvalue weighted by Gasteiger charge is -2.17. The van der Waals surface area contributed by atoms with Gasteiger partial charge in [-0.25, -0.2) is 9.67 Å². The van der Waals surface area contributed by atoms with Crippen molar-refractivity contribution < 1.29 is 4.79 Å². The maximum Gasteiger partial charge on any atom is 0.251 e. The minimum absolute atomic E-state index is 0.228. The van der Waals surface area contributed by atoms with Gasteiger partial charge in [-0.1, -0.05) is 42.5 Å². The van der Waals surface area contributed by atoms with Crippen molar-refractivity contribution >= 4 is 11.6 Å². The van der Waals surface area contributed by atoms with Crippen molar-refractivity contribution in [2.75, 3.05) is 5.32 Å². The summed E-state index contributed by atoms with van der Waals surface area (Å²) in [6.07, 6.45) is 1.86. The molecular weight excluding hydrogens is 382 g/mol. The van der Waals surface area contributed by atoms with Gasteiger partial charge in [-0.2, -0.15) is 0 Å². The zero-order chi connectivity index (χ0) is 20.9. The van der Waals surface area contributed by atoms with Crippen LogP contribution in [-0.2, 0) is 11.2 Å². The molecule has 9 nitrogen and oxygen atoms in total. The maximum absolute atomic E-state index is 13.1. The van der Waals surface area contributed by atoms with Crippen molar-refractivity contribution in [3.8, 4) is 11.4 Å². The topological polar surface area (TPSA) is 118 Å². The summed E-state index contributed by atoms with van der Waals surface area (Å²) in [5.74, 6) is 0.186. The molecule has 30 heavy (non-hydrogen) atoms. The molecule has 1 amide bonds. The Labute approximate surface area is 171 Å². The summed E-state index contributed by atoms with van der Waals surface area (Å²) in [4.78, 5) is 31.9. The molecule has 0 saturated carbocycles. The Morgan fingerprint density at radius 2 is 1.97 bits per heavy atom. The standard InChI is InChI=1S/C21H19N7O2/c1-14-10-19(29)25-20(23-14)16-8-5-9-17(12-16)24-21(30)18(28-13-22-26-27-28)11-15-6-3-2-4-7-15/h2-10,12-13,18H,11H2,1H3,(H,24,30)(H,23,25,29). The third kappa shape index (κ3) is 4.46. The van der Waals surface area contributed by atoms with Gasteiger partial charge in [0.15, 0.2) is 0 Å². The van der Waals surface area contributed by atoms with Gasteiger partial charge >= 0.3 is 0 Å². The summed E-state index contributed by atoms with van der Waals surface area (Å²) in [7, 11) is 0. The van der Waals surface area contributed by atoms with E-state index in [-0.39, 0.29) is 11.5 Å². The van der Waals surface area contributed by atoms with Crippen LogP contribution in [0.1, 0.15) is 17.3 Å². The van der Waals surface area contributed by atoms with Crippen LogP contribution in [0.2, 0.25) is 0 Å². The molecule has 0 aliphatic heterocycles. The van der Waals surface area contributed by atoms with Crippen LogP contribution in [0.3, 0.4) is 0 Å². The monoisotopic (exact) mass is 401 g/mol. The molecule has 0 spiro atoms. The number of hydrogen-bond donors (Lipinski definition) is 2. The Balaban J connectivity index is 1.59. The molecule has 0 bridgehead atoms. The molecule has 2 heterocycles. The lowest BCUT2D eigenvalue weighted by Crippen LogP contribution is -2.28. The van der Waals surface area contributed by atoms with Crippen molar-refractivity contribution in [3.05, 3.63) is 88.6 Å². The predicted octanol–water partition coefficient (Wildman–Crippen LogP) is 2.15. The van der Waals surface area contributed by atoms with Crippen LogP contribution in [0.5, 0.6) is 0 Å². The number of nitrogens with zero attached hydrogens (tertiary/aromatic N) is 5. The van der Waals surface area contributed by atoms with Crippen molar-refractivity contribution in [2.45, 2.75) is 19.4 Å². The summed E-state index contributed by atoms with van der Waals surface area (Å²) in [6, 6.07) is 17.6. The van der Waals surface area contributed by atoms with Crippen molar-refractivity contribution in [2.24, 2.45) is 0 Å². The van der Waals surface area contributed by atoms with Crippen LogP contribution in [-0.4, -0.2) is 36.1 Å². The third-order valence-electron chi connectivity index (χ3n) is 4.53. The normalized spacial score (nSPS) is 11.8. The molecular formula is C21H19N7O2. The first-order chi connectivity index (χ1) is 14.6. The fraction of sp³-hybridized carbons (Fsp3) is 0.143. The summed E-state index contributed by atoms with van der Waals surface area (Å²) >= 11 is 0. The molecule has 0 saturated heterocycles. The van der Waals surface area contributed by atoms with Gasteiger partial charge in [-0.05, 0) is 35.0 Å². The third-order valence-corrected chi connectivity index (χ3v) is 4.53. The fourth-order valence-electron chi connectivity index (χ4n) is 3.14. The number of hydrogen-bond acceptors (Lipinski definition) is 6. The molecule has 0 aliphatic carbocycles. The van der Waals surface area contributed by atoms with Crippen LogP contribution in [0, 0.1) is 6.92 Å². The average molecular weight is 401 g/mol. The number of anilines is 1. The number of benzene rings is 2. The molecule has 2 aromatic carbocycles. The second kappa shape index (κ2) is 8.48. The lowest BCUT2D eigenvalue weighted by molar-refractivity contribution is -0.119. The van der Waals surface area contributed by atoms with Gasteiger partial charge in [0.25, 0.3) is 5.56 Å². The summed E-state index contributed by atoms with van der Waals surface area (Å²) in [5.41, 5.74) is 2.64. The summed E-state index contributed by atoms with van der Waals surface area (Å²) in [6.45, 7) is 1.75. The Morgan fingerprint density at radius 1 is 1.13 bits per heavy atom. The Kier molecular flexibility index (Phi) is 5.42. The van der Waals surface area contributed by atoms with Crippen LogP contribution in [0.15, 0.2) is 71.8 Å². The molecule has 4 rings (SSSR count). The summed E-state index contributed by atoms with van der Waals surface area (Å²) in [5, 5.41) is 14.1. The number of aromatic nitrogens is 6. The number of aryl methyl sites for hydroxylation is 1. The highest BCUT2D eigenvalue weighted by molar-refractivity contribution is 5.94. The number of carbonyl (C=O) groups is 1. The van der Waals surface area contributed by atoms with E-state index in [1.54, 1.807) is 25.1 Å². The van der Waals surface area contributed by atoms with E-state index < -0.39 is 6.04 Å².